The zero-order chi connectivity index (χ0) is 15.6. The summed E-state index contributed by atoms with van der Waals surface area (Å²) >= 11 is 8.67. The van der Waals surface area contributed by atoms with Gasteiger partial charge in [0.05, 0.1) is 20.3 Å². The van der Waals surface area contributed by atoms with Crippen LogP contribution in [0.3, 0.4) is 0 Å². The summed E-state index contributed by atoms with van der Waals surface area (Å²) in [5.41, 5.74) is 9.47. The highest BCUT2D eigenvalue weighted by Crippen LogP contribution is 2.38. The third kappa shape index (κ3) is 3.27. The summed E-state index contributed by atoms with van der Waals surface area (Å²) in [5.74, 6) is 1.22. The fourth-order valence-corrected chi connectivity index (χ4v) is 3.15. The summed E-state index contributed by atoms with van der Waals surface area (Å²) in [6.07, 6.45) is 0. The summed E-state index contributed by atoms with van der Waals surface area (Å²) in [7, 11) is 3.18. The molecule has 0 radical (unpaired) electrons. The second kappa shape index (κ2) is 6.85. The van der Waals surface area contributed by atoms with E-state index in [-0.39, 0.29) is 6.04 Å². The van der Waals surface area contributed by atoms with Crippen molar-refractivity contribution < 1.29 is 9.47 Å². The van der Waals surface area contributed by atoms with Crippen molar-refractivity contribution in [3.63, 3.8) is 0 Å². The number of rotatable bonds is 4. The van der Waals surface area contributed by atoms with Gasteiger partial charge < -0.3 is 15.2 Å². The van der Waals surface area contributed by atoms with Crippen LogP contribution in [0.25, 0.3) is 0 Å². The van der Waals surface area contributed by atoms with E-state index in [1.807, 2.05) is 18.2 Å². The minimum Gasteiger partial charge on any atom is -0.493 e. The molecule has 1 atom stereocenters. The molecule has 0 heterocycles. The summed E-state index contributed by atoms with van der Waals surface area (Å²) in [6, 6.07) is 9.34. The van der Waals surface area contributed by atoms with Gasteiger partial charge in [-0.3, -0.25) is 0 Å². The largest absolute Gasteiger partial charge is 0.493 e. The predicted octanol–water partition coefficient (Wildman–Crippen LogP) is 4.32. The summed E-state index contributed by atoms with van der Waals surface area (Å²) < 4.78 is 11.7. The van der Waals surface area contributed by atoms with E-state index in [1.165, 1.54) is 5.56 Å². The number of nitrogens with two attached hydrogens (primary N) is 1. The first kappa shape index (κ1) is 16.4. The van der Waals surface area contributed by atoms with Gasteiger partial charge in [0.25, 0.3) is 0 Å². The first-order valence-corrected chi connectivity index (χ1v) is 7.87. The molecule has 0 aliphatic carbocycles. The number of aryl methyl sites for hydroxylation is 1. The first-order valence-electron chi connectivity index (χ1n) is 6.41. The van der Waals surface area contributed by atoms with E-state index < -0.39 is 0 Å². The van der Waals surface area contributed by atoms with Crippen LogP contribution in [0.2, 0.25) is 5.02 Å². The van der Waals surface area contributed by atoms with Crippen molar-refractivity contribution in [3.05, 3.63) is 55.6 Å². The van der Waals surface area contributed by atoms with Crippen LogP contribution in [0.5, 0.6) is 11.5 Å². The van der Waals surface area contributed by atoms with Crippen LogP contribution in [-0.4, -0.2) is 14.2 Å². The van der Waals surface area contributed by atoms with Crippen molar-refractivity contribution in [1.82, 2.24) is 0 Å². The maximum Gasteiger partial charge on any atom is 0.162 e. The molecule has 1 unspecified atom stereocenters. The highest BCUT2D eigenvalue weighted by Gasteiger charge is 2.19. The van der Waals surface area contributed by atoms with Crippen LogP contribution in [0.15, 0.2) is 30.3 Å². The quantitative estimate of drug-likeness (QED) is 0.754. The number of benzene rings is 2. The first-order chi connectivity index (χ1) is 9.99. The average Bonchev–Trinajstić information content (AvgIpc) is 2.49. The van der Waals surface area contributed by atoms with E-state index in [1.54, 1.807) is 20.3 Å². The van der Waals surface area contributed by atoms with E-state index in [0.29, 0.717) is 16.5 Å². The van der Waals surface area contributed by atoms with E-state index in [9.17, 15) is 0 Å². The van der Waals surface area contributed by atoms with Gasteiger partial charge in [0.2, 0.25) is 0 Å². The fraction of sp³-hybridized carbons (Fsp3) is 0.250. The average molecular weight is 418 g/mol. The lowest BCUT2D eigenvalue weighted by Crippen LogP contribution is -2.14. The summed E-state index contributed by atoms with van der Waals surface area (Å²) in [4.78, 5) is 0. The molecule has 5 heteroatoms. The van der Waals surface area contributed by atoms with Gasteiger partial charge >= 0.3 is 0 Å². The molecule has 0 saturated carbocycles. The van der Waals surface area contributed by atoms with Crippen molar-refractivity contribution in [2.24, 2.45) is 5.73 Å². The standard InChI is InChI=1S/C16H17ClINO2/c1-9-5-4-6-10(15(9)18)16(19)11-7-13(20-2)14(21-3)8-12(11)17/h4-8,16H,19H2,1-3H3. The molecule has 2 N–H and O–H groups in total. The molecule has 0 spiro atoms. The van der Waals surface area contributed by atoms with Gasteiger partial charge in [-0.05, 0) is 52.3 Å². The summed E-state index contributed by atoms with van der Waals surface area (Å²) in [5, 5.41) is 0.567. The molecule has 21 heavy (non-hydrogen) atoms. The molecule has 2 rings (SSSR count). The van der Waals surface area contributed by atoms with Crippen molar-refractivity contribution in [1.29, 1.82) is 0 Å². The minimum absolute atomic E-state index is 0.316. The topological polar surface area (TPSA) is 44.5 Å². The van der Waals surface area contributed by atoms with Crippen molar-refractivity contribution in [2.45, 2.75) is 13.0 Å². The Morgan fingerprint density at radius 3 is 2.33 bits per heavy atom. The van der Waals surface area contributed by atoms with Gasteiger partial charge in [0.15, 0.2) is 11.5 Å². The van der Waals surface area contributed by atoms with E-state index in [2.05, 4.69) is 35.6 Å². The highest BCUT2D eigenvalue weighted by molar-refractivity contribution is 14.1. The smallest absolute Gasteiger partial charge is 0.162 e. The van der Waals surface area contributed by atoms with Gasteiger partial charge in [0.1, 0.15) is 0 Å². The maximum atomic E-state index is 6.42. The molecule has 0 aliphatic rings. The second-order valence-corrected chi connectivity index (χ2v) is 6.17. The van der Waals surface area contributed by atoms with Gasteiger partial charge in [-0.15, -0.1) is 0 Å². The lowest BCUT2D eigenvalue weighted by atomic mass is 9.97. The van der Waals surface area contributed by atoms with Crippen LogP contribution >= 0.6 is 34.2 Å². The molecule has 2 aromatic carbocycles. The maximum absolute atomic E-state index is 6.42. The molecule has 0 aliphatic heterocycles. The zero-order valence-corrected chi connectivity index (χ0v) is 15.0. The van der Waals surface area contributed by atoms with Crippen LogP contribution in [0.4, 0.5) is 0 Å². The van der Waals surface area contributed by atoms with Crippen LogP contribution in [0, 0.1) is 10.5 Å². The van der Waals surface area contributed by atoms with Crippen molar-refractivity contribution >= 4 is 34.2 Å². The van der Waals surface area contributed by atoms with Crippen LogP contribution < -0.4 is 15.2 Å². The Kier molecular flexibility index (Phi) is 5.35. The minimum atomic E-state index is -0.316. The molecule has 112 valence electrons. The lowest BCUT2D eigenvalue weighted by Gasteiger charge is -2.19. The SMILES string of the molecule is COc1cc(Cl)c(C(N)c2cccc(C)c2I)cc1OC. The third-order valence-electron chi connectivity index (χ3n) is 3.39. The third-order valence-corrected chi connectivity index (χ3v) is 5.20. The number of ether oxygens (including phenoxy) is 2. The molecule has 0 bridgehead atoms. The van der Waals surface area contributed by atoms with E-state index in [0.717, 1.165) is 14.7 Å². The number of methoxy groups -OCH3 is 2. The second-order valence-electron chi connectivity index (χ2n) is 4.68. The van der Waals surface area contributed by atoms with Gasteiger partial charge in [-0.25, -0.2) is 0 Å². The Labute approximate surface area is 143 Å². The Morgan fingerprint density at radius 1 is 1.10 bits per heavy atom. The number of hydrogen-bond donors (Lipinski definition) is 1. The Hall–Kier alpha value is -0.980. The molecule has 0 fully saturated rings. The van der Waals surface area contributed by atoms with Crippen molar-refractivity contribution in [2.75, 3.05) is 14.2 Å². The summed E-state index contributed by atoms with van der Waals surface area (Å²) in [6.45, 7) is 2.06. The Bertz CT molecular complexity index is 661. The lowest BCUT2D eigenvalue weighted by molar-refractivity contribution is 0.354. The normalized spacial score (nSPS) is 12.1. The Morgan fingerprint density at radius 2 is 1.71 bits per heavy atom. The predicted molar refractivity (Wildman–Crippen MR) is 94.5 cm³/mol. The molecule has 0 amide bonds. The molecule has 2 aromatic rings. The van der Waals surface area contributed by atoms with Crippen molar-refractivity contribution in [3.8, 4) is 11.5 Å². The van der Waals surface area contributed by atoms with Gasteiger partial charge in [-0.1, -0.05) is 29.8 Å². The zero-order valence-electron chi connectivity index (χ0n) is 12.1. The van der Waals surface area contributed by atoms with E-state index >= 15 is 0 Å². The number of hydrogen-bond acceptors (Lipinski definition) is 3. The van der Waals surface area contributed by atoms with Gasteiger partial charge in [0, 0.05) is 14.7 Å². The molecule has 0 saturated heterocycles. The van der Waals surface area contributed by atoms with E-state index in [4.69, 9.17) is 26.8 Å². The molecule has 3 nitrogen and oxygen atoms in total. The molecular formula is C16H17ClINO2. The Balaban J connectivity index is 2.53. The number of halogens is 2. The van der Waals surface area contributed by atoms with Gasteiger partial charge in [-0.2, -0.15) is 0 Å². The molecular weight excluding hydrogens is 401 g/mol. The van der Waals surface area contributed by atoms with Crippen LogP contribution in [-0.2, 0) is 0 Å². The monoisotopic (exact) mass is 417 g/mol. The van der Waals surface area contributed by atoms with Crippen LogP contribution in [0.1, 0.15) is 22.7 Å². The highest BCUT2D eigenvalue weighted by atomic mass is 127. The fourth-order valence-electron chi connectivity index (χ4n) is 2.19. The molecule has 0 aromatic heterocycles.